The van der Waals surface area contributed by atoms with Crippen molar-refractivity contribution in [2.24, 2.45) is 11.8 Å². The summed E-state index contributed by atoms with van der Waals surface area (Å²) < 4.78 is 16.1. The number of carbonyl (C=O) groups is 1. The molecule has 4 rings (SSSR count). The zero-order chi connectivity index (χ0) is 22.0. The third kappa shape index (κ3) is 4.52. The van der Waals surface area contributed by atoms with Crippen LogP contribution in [0.5, 0.6) is 11.5 Å². The minimum absolute atomic E-state index is 0.0250. The van der Waals surface area contributed by atoms with Crippen LogP contribution < -0.4 is 20.1 Å². The molecule has 2 aliphatic heterocycles. The lowest BCUT2D eigenvalue weighted by molar-refractivity contribution is 0.0558. The number of methoxy groups -OCH3 is 2. The first-order valence-electron chi connectivity index (χ1n) is 10.3. The van der Waals surface area contributed by atoms with Crippen molar-refractivity contribution in [1.29, 1.82) is 0 Å². The maximum atomic E-state index is 13.3. The molecule has 1 unspecified atom stereocenters. The van der Waals surface area contributed by atoms with Crippen molar-refractivity contribution in [3.05, 3.63) is 28.7 Å². The van der Waals surface area contributed by atoms with Gasteiger partial charge in [0.2, 0.25) is 5.95 Å². The number of nitrogens with zero attached hydrogens (tertiary/aromatic N) is 4. The molecule has 2 aromatic heterocycles. The first-order valence-corrected chi connectivity index (χ1v) is 10.6. The van der Waals surface area contributed by atoms with Gasteiger partial charge in [-0.3, -0.25) is 9.78 Å². The lowest BCUT2D eigenvalue weighted by atomic mass is 9.83. The molecule has 4 heterocycles. The number of ketones is 1. The molecule has 0 spiro atoms. The fourth-order valence-electron chi connectivity index (χ4n) is 4.28. The number of hydrogen-bond acceptors (Lipinski definition) is 9. The van der Waals surface area contributed by atoms with Gasteiger partial charge in [-0.25, -0.2) is 4.98 Å². The van der Waals surface area contributed by atoms with Crippen LogP contribution in [-0.4, -0.2) is 54.7 Å². The zero-order valence-electron chi connectivity index (χ0n) is 17.6. The average molecular weight is 448 g/mol. The van der Waals surface area contributed by atoms with Gasteiger partial charge in [0.1, 0.15) is 11.0 Å². The van der Waals surface area contributed by atoms with Gasteiger partial charge in [0.05, 0.1) is 38.2 Å². The number of rotatable bonds is 6. The van der Waals surface area contributed by atoms with Gasteiger partial charge in [-0.1, -0.05) is 11.6 Å². The monoisotopic (exact) mass is 447 g/mol. The Hall–Kier alpha value is -2.65. The van der Waals surface area contributed by atoms with Gasteiger partial charge in [-0.15, -0.1) is 0 Å². The van der Waals surface area contributed by atoms with Gasteiger partial charge >= 0.3 is 0 Å². The topological polar surface area (TPSA) is 113 Å². The van der Waals surface area contributed by atoms with E-state index >= 15 is 0 Å². The predicted octanol–water partition coefficient (Wildman–Crippen LogP) is 2.76. The molecule has 0 bridgehead atoms. The number of aromatic nitrogens is 3. The van der Waals surface area contributed by atoms with Crippen LogP contribution in [0, 0.1) is 11.8 Å². The van der Waals surface area contributed by atoms with Crippen LogP contribution in [0.2, 0.25) is 5.15 Å². The van der Waals surface area contributed by atoms with Crippen molar-refractivity contribution in [3.8, 4) is 11.5 Å². The summed E-state index contributed by atoms with van der Waals surface area (Å²) in [6.07, 6.45) is 4.31. The normalized spacial score (nSPS) is 19.3. The fraction of sp³-hybridized carbons (Fsp3) is 0.524. The highest BCUT2D eigenvalue weighted by molar-refractivity contribution is 6.34. The van der Waals surface area contributed by atoms with E-state index in [2.05, 4.69) is 15.0 Å². The van der Waals surface area contributed by atoms with Crippen LogP contribution in [0.15, 0.2) is 12.3 Å². The molecule has 2 aromatic rings. The number of nitrogens with two attached hydrogens (primary N) is 1. The van der Waals surface area contributed by atoms with Crippen LogP contribution >= 0.6 is 11.6 Å². The summed E-state index contributed by atoms with van der Waals surface area (Å²) in [5.74, 6) is 1.82. The van der Waals surface area contributed by atoms with E-state index in [1.165, 1.54) is 0 Å². The van der Waals surface area contributed by atoms with Crippen molar-refractivity contribution in [1.82, 2.24) is 15.0 Å². The fourth-order valence-corrected chi connectivity index (χ4v) is 4.55. The van der Waals surface area contributed by atoms with Crippen molar-refractivity contribution in [3.63, 3.8) is 0 Å². The largest absolute Gasteiger partial charge is 0.493 e. The molecule has 2 N–H and O–H groups in total. The van der Waals surface area contributed by atoms with E-state index in [1.807, 2.05) is 11.0 Å². The molecule has 31 heavy (non-hydrogen) atoms. The Morgan fingerprint density at radius 2 is 1.97 bits per heavy atom. The molecule has 9 nitrogen and oxygen atoms in total. The second-order valence-electron chi connectivity index (χ2n) is 7.83. The minimum atomic E-state index is -0.208. The highest BCUT2D eigenvalue weighted by Gasteiger charge is 2.37. The molecule has 0 aromatic carbocycles. The maximum absolute atomic E-state index is 13.3. The Bertz CT molecular complexity index is 967. The molecule has 166 valence electrons. The number of ether oxygens (including phenoxy) is 3. The second kappa shape index (κ2) is 9.23. The zero-order valence-corrected chi connectivity index (χ0v) is 18.4. The van der Waals surface area contributed by atoms with Crippen LogP contribution in [0.1, 0.15) is 35.3 Å². The Balaban J connectivity index is 1.65. The van der Waals surface area contributed by atoms with Gasteiger partial charge in [-0.2, -0.15) is 4.98 Å². The van der Waals surface area contributed by atoms with E-state index in [1.54, 1.807) is 20.4 Å². The van der Waals surface area contributed by atoms with Crippen molar-refractivity contribution < 1.29 is 19.0 Å². The number of pyridine rings is 1. The molecule has 1 saturated heterocycles. The standard InChI is InChI=1S/C21H26ClN5O4/c1-29-15-8-14(24-9-16(15)30-2)11-27-10-13(7-12-3-5-31-6-4-12)18(28)17-19(22)25-21(23)26-20(17)27/h8-9,12-13H,3-7,10-11H2,1-2H3,(H2,23,25,26). The van der Waals surface area contributed by atoms with E-state index < -0.39 is 0 Å². The van der Waals surface area contributed by atoms with Gasteiger partial charge in [0.25, 0.3) is 0 Å². The Kier molecular flexibility index (Phi) is 6.43. The first kappa shape index (κ1) is 21.6. The molecule has 1 atom stereocenters. The van der Waals surface area contributed by atoms with Gasteiger partial charge in [-0.05, 0) is 25.2 Å². The summed E-state index contributed by atoms with van der Waals surface area (Å²) in [6.45, 7) is 2.40. The van der Waals surface area contributed by atoms with E-state index in [0.717, 1.165) is 38.2 Å². The van der Waals surface area contributed by atoms with Crippen LogP contribution in [0.4, 0.5) is 11.8 Å². The molecular weight excluding hydrogens is 422 g/mol. The first-order chi connectivity index (χ1) is 15.0. The third-order valence-electron chi connectivity index (χ3n) is 5.86. The average Bonchev–Trinajstić information content (AvgIpc) is 2.77. The lowest BCUT2D eigenvalue weighted by Crippen LogP contribution is -2.41. The van der Waals surface area contributed by atoms with Gasteiger partial charge < -0.3 is 24.8 Å². The number of nitrogen functional groups attached to an aromatic ring is 1. The van der Waals surface area contributed by atoms with E-state index in [4.69, 9.17) is 31.5 Å². The molecular formula is C21H26ClN5O4. The molecule has 0 amide bonds. The number of Topliss-reactive ketones (excluding diaryl/α,β-unsaturated/α-hetero) is 1. The van der Waals surface area contributed by atoms with Crippen LogP contribution in [0.3, 0.4) is 0 Å². The Labute approximate surface area is 185 Å². The SMILES string of the molecule is COc1cnc(CN2CC(CC3CCOCC3)C(=O)c3c(Cl)nc(N)nc32)cc1OC. The van der Waals surface area contributed by atoms with Crippen LogP contribution in [-0.2, 0) is 11.3 Å². The lowest BCUT2D eigenvalue weighted by Gasteiger charge is -2.36. The van der Waals surface area contributed by atoms with Crippen molar-refractivity contribution in [2.75, 3.05) is 44.6 Å². The van der Waals surface area contributed by atoms with E-state index in [9.17, 15) is 4.79 Å². The maximum Gasteiger partial charge on any atom is 0.223 e. The highest BCUT2D eigenvalue weighted by atomic mass is 35.5. The Morgan fingerprint density at radius 1 is 1.23 bits per heavy atom. The van der Waals surface area contributed by atoms with Crippen LogP contribution in [0.25, 0.3) is 0 Å². The number of carbonyl (C=O) groups excluding carboxylic acids is 1. The summed E-state index contributed by atoms with van der Waals surface area (Å²) in [7, 11) is 3.14. The molecule has 0 aliphatic carbocycles. The van der Waals surface area contributed by atoms with Crippen molar-refractivity contribution >= 4 is 29.2 Å². The predicted molar refractivity (Wildman–Crippen MR) is 116 cm³/mol. The summed E-state index contributed by atoms with van der Waals surface area (Å²) >= 11 is 6.36. The smallest absolute Gasteiger partial charge is 0.223 e. The number of fused-ring (bicyclic) bond motifs is 1. The van der Waals surface area contributed by atoms with Gasteiger partial charge in [0, 0.05) is 31.7 Å². The summed E-state index contributed by atoms with van der Waals surface area (Å²) in [5.41, 5.74) is 6.92. The highest BCUT2D eigenvalue weighted by Crippen LogP contribution is 2.37. The second-order valence-corrected chi connectivity index (χ2v) is 8.19. The molecule has 2 aliphatic rings. The molecule has 10 heteroatoms. The van der Waals surface area contributed by atoms with Gasteiger partial charge in [0.15, 0.2) is 17.3 Å². The third-order valence-corrected chi connectivity index (χ3v) is 6.13. The van der Waals surface area contributed by atoms with E-state index in [-0.39, 0.29) is 22.8 Å². The minimum Gasteiger partial charge on any atom is -0.493 e. The number of anilines is 2. The van der Waals surface area contributed by atoms with E-state index in [0.29, 0.717) is 41.9 Å². The Morgan fingerprint density at radius 3 is 2.68 bits per heavy atom. The van der Waals surface area contributed by atoms with Crippen molar-refractivity contribution in [2.45, 2.75) is 25.8 Å². The quantitative estimate of drug-likeness (QED) is 0.667. The summed E-state index contributed by atoms with van der Waals surface area (Å²) in [4.78, 5) is 28.1. The molecule has 0 saturated carbocycles. The number of halogens is 1. The number of hydrogen-bond donors (Lipinski definition) is 1. The summed E-state index contributed by atoms with van der Waals surface area (Å²) in [6, 6.07) is 1.81. The molecule has 1 fully saturated rings. The molecule has 0 radical (unpaired) electrons. The summed E-state index contributed by atoms with van der Waals surface area (Å²) in [5, 5.41) is 0.0921.